The Hall–Kier alpha value is -3.50. The zero-order valence-corrected chi connectivity index (χ0v) is 20.3. The van der Waals surface area contributed by atoms with Crippen molar-refractivity contribution < 1.29 is 28.3 Å². The van der Waals surface area contributed by atoms with Gasteiger partial charge in [0.15, 0.2) is 12.4 Å². The summed E-state index contributed by atoms with van der Waals surface area (Å²) in [6.45, 7) is 0.492. The van der Waals surface area contributed by atoms with Crippen LogP contribution in [-0.2, 0) is 14.4 Å². The van der Waals surface area contributed by atoms with Crippen molar-refractivity contribution in [3.05, 3.63) is 58.9 Å². The average molecular weight is 519 g/mol. The third-order valence-electron chi connectivity index (χ3n) is 5.94. The van der Waals surface area contributed by atoms with Crippen LogP contribution in [0.3, 0.4) is 0 Å². The number of Topliss-reactive ketones (excluding diaryl/α,β-unsaturated/α-hetero) is 1. The van der Waals surface area contributed by atoms with Gasteiger partial charge in [0, 0.05) is 36.0 Å². The lowest BCUT2D eigenvalue weighted by molar-refractivity contribution is -0.134. The van der Waals surface area contributed by atoms with Gasteiger partial charge in [0.05, 0.1) is 11.7 Å². The molecule has 2 aromatic carbocycles. The molecule has 0 unspecified atom stereocenters. The Kier molecular flexibility index (Phi) is 9.38. The monoisotopic (exact) mass is 518 g/mol. The number of carbonyl (C=O) groups is 4. The van der Waals surface area contributed by atoms with Gasteiger partial charge in [-0.3, -0.25) is 19.2 Å². The van der Waals surface area contributed by atoms with Gasteiger partial charge in [-0.1, -0.05) is 11.6 Å². The number of ketones is 1. The number of benzene rings is 2. The number of nitrogens with two attached hydrogens (primary N) is 2. The van der Waals surface area contributed by atoms with Crippen LogP contribution >= 0.6 is 11.6 Å². The predicted octanol–water partition coefficient (Wildman–Crippen LogP) is 2.51. The van der Waals surface area contributed by atoms with Crippen molar-refractivity contribution in [3.8, 4) is 5.75 Å². The molecule has 0 radical (unpaired) electrons. The third kappa shape index (κ3) is 7.50. The molecular formula is C25H28ClFN4O5. The number of hydrogen-bond donors (Lipinski definition) is 3. The molecule has 1 saturated heterocycles. The second kappa shape index (κ2) is 12.5. The van der Waals surface area contributed by atoms with Gasteiger partial charge in [-0.2, -0.15) is 0 Å². The molecule has 0 bridgehead atoms. The standard InChI is InChI=1S/C25H28ClFN4O5/c26-17-3-7-21(20(13-17)30-25(35)19(28)6-8-22(29)32)36-14-23(33)31-11-9-16(10-12-31)24(34)15-1-4-18(27)5-2-15/h1-5,7,13,16,19H,6,8-12,14,28H2,(H2,29,32)(H,30,35)/t19-/m0/s1. The zero-order valence-electron chi connectivity index (χ0n) is 19.5. The fraction of sp³-hybridized carbons (Fsp3) is 0.360. The molecule has 0 aliphatic carbocycles. The Morgan fingerprint density at radius 1 is 1.11 bits per heavy atom. The molecule has 2 aromatic rings. The number of halogens is 2. The number of primary amides is 1. The number of amides is 3. The van der Waals surface area contributed by atoms with Crippen LogP contribution in [0.15, 0.2) is 42.5 Å². The maximum Gasteiger partial charge on any atom is 0.260 e. The molecule has 3 rings (SSSR count). The van der Waals surface area contributed by atoms with E-state index in [-0.39, 0.29) is 48.5 Å². The van der Waals surface area contributed by atoms with Gasteiger partial charge >= 0.3 is 0 Å². The maximum atomic E-state index is 13.1. The highest BCUT2D eigenvalue weighted by Crippen LogP contribution is 2.29. The first-order chi connectivity index (χ1) is 17.1. The van der Waals surface area contributed by atoms with Crippen LogP contribution < -0.4 is 21.5 Å². The number of hydrogen-bond acceptors (Lipinski definition) is 6. The van der Waals surface area contributed by atoms with Gasteiger partial charge in [0.2, 0.25) is 11.8 Å². The van der Waals surface area contributed by atoms with Gasteiger partial charge in [-0.15, -0.1) is 0 Å². The summed E-state index contributed by atoms with van der Waals surface area (Å²) in [6, 6.07) is 9.02. The molecule has 192 valence electrons. The van der Waals surface area contributed by atoms with E-state index in [2.05, 4.69) is 5.32 Å². The van der Waals surface area contributed by atoms with Gasteiger partial charge in [-0.05, 0) is 61.7 Å². The van der Waals surface area contributed by atoms with Crippen molar-refractivity contribution in [2.24, 2.45) is 17.4 Å². The SMILES string of the molecule is NC(=O)CC[C@H](N)C(=O)Nc1cc(Cl)ccc1OCC(=O)N1CCC(C(=O)c2ccc(F)cc2)CC1. The summed E-state index contributed by atoms with van der Waals surface area (Å²) in [4.78, 5) is 50.3. The Labute approximate surface area is 212 Å². The molecule has 36 heavy (non-hydrogen) atoms. The van der Waals surface area contributed by atoms with Crippen LogP contribution in [0, 0.1) is 11.7 Å². The summed E-state index contributed by atoms with van der Waals surface area (Å²) in [5, 5.41) is 2.94. The van der Waals surface area contributed by atoms with Gasteiger partial charge < -0.3 is 26.4 Å². The van der Waals surface area contributed by atoms with E-state index in [0.29, 0.717) is 36.5 Å². The van der Waals surface area contributed by atoms with E-state index >= 15 is 0 Å². The number of piperidine rings is 1. The van der Waals surface area contributed by atoms with Crippen LogP contribution in [0.2, 0.25) is 5.02 Å². The van der Waals surface area contributed by atoms with Crippen LogP contribution in [0.4, 0.5) is 10.1 Å². The van der Waals surface area contributed by atoms with E-state index in [4.69, 9.17) is 27.8 Å². The smallest absolute Gasteiger partial charge is 0.260 e. The molecule has 0 aromatic heterocycles. The van der Waals surface area contributed by atoms with E-state index in [1.807, 2.05) is 0 Å². The molecule has 9 nitrogen and oxygen atoms in total. The fourth-order valence-corrected chi connectivity index (χ4v) is 4.02. The van der Waals surface area contributed by atoms with Gasteiger partial charge in [0.1, 0.15) is 11.6 Å². The van der Waals surface area contributed by atoms with Crippen LogP contribution in [0.25, 0.3) is 0 Å². The molecule has 1 fully saturated rings. The van der Waals surface area contributed by atoms with E-state index in [9.17, 15) is 23.6 Å². The molecule has 1 atom stereocenters. The highest BCUT2D eigenvalue weighted by atomic mass is 35.5. The first-order valence-electron chi connectivity index (χ1n) is 11.5. The minimum absolute atomic E-state index is 0.0336. The summed E-state index contributed by atoms with van der Waals surface area (Å²) in [6.07, 6.45) is 1.03. The molecule has 0 spiro atoms. The number of nitrogens with zero attached hydrogens (tertiary/aromatic N) is 1. The number of nitrogens with one attached hydrogen (secondary N) is 1. The molecule has 1 aliphatic rings. The van der Waals surface area contributed by atoms with Crippen molar-refractivity contribution in [2.75, 3.05) is 25.0 Å². The first kappa shape index (κ1) is 27.1. The van der Waals surface area contributed by atoms with Crippen LogP contribution in [-0.4, -0.2) is 54.1 Å². The highest BCUT2D eigenvalue weighted by molar-refractivity contribution is 6.31. The van der Waals surface area contributed by atoms with Crippen molar-refractivity contribution in [3.63, 3.8) is 0 Å². The Balaban J connectivity index is 1.53. The predicted molar refractivity (Wildman–Crippen MR) is 132 cm³/mol. The molecular weight excluding hydrogens is 491 g/mol. The minimum Gasteiger partial charge on any atom is -0.482 e. The van der Waals surface area contributed by atoms with E-state index < -0.39 is 23.7 Å². The molecule has 5 N–H and O–H groups in total. The van der Waals surface area contributed by atoms with Gasteiger partial charge in [0.25, 0.3) is 5.91 Å². The molecule has 1 heterocycles. The molecule has 3 amide bonds. The lowest BCUT2D eigenvalue weighted by Crippen LogP contribution is -2.42. The average Bonchev–Trinajstić information content (AvgIpc) is 2.86. The van der Waals surface area contributed by atoms with E-state index in [0.717, 1.165) is 0 Å². The quantitative estimate of drug-likeness (QED) is 0.412. The van der Waals surface area contributed by atoms with Crippen molar-refractivity contribution >= 4 is 40.8 Å². The number of ether oxygens (including phenoxy) is 1. The van der Waals surface area contributed by atoms with Crippen LogP contribution in [0.1, 0.15) is 36.0 Å². The number of carbonyl (C=O) groups excluding carboxylic acids is 4. The van der Waals surface area contributed by atoms with Gasteiger partial charge in [-0.25, -0.2) is 4.39 Å². The second-order valence-corrected chi connectivity index (χ2v) is 8.99. The summed E-state index contributed by atoms with van der Waals surface area (Å²) in [5.41, 5.74) is 11.6. The largest absolute Gasteiger partial charge is 0.482 e. The summed E-state index contributed by atoms with van der Waals surface area (Å²) < 4.78 is 18.8. The Morgan fingerprint density at radius 3 is 2.42 bits per heavy atom. The maximum absolute atomic E-state index is 13.1. The topological polar surface area (TPSA) is 145 Å². The first-order valence-corrected chi connectivity index (χ1v) is 11.9. The van der Waals surface area contributed by atoms with E-state index in [1.165, 1.54) is 36.4 Å². The normalized spacial score (nSPS) is 14.7. The zero-order chi connectivity index (χ0) is 26.2. The lowest BCUT2D eigenvalue weighted by Gasteiger charge is -2.31. The van der Waals surface area contributed by atoms with E-state index in [1.54, 1.807) is 11.0 Å². The summed E-state index contributed by atoms with van der Waals surface area (Å²) in [5.74, 6) is -1.86. The molecule has 11 heteroatoms. The molecule has 1 aliphatic heterocycles. The summed E-state index contributed by atoms with van der Waals surface area (Å²) >= 11 is 6.04. The Morgan fingerprint density at radius 2 is 1.78 bits per heavy atom. The fourth-order valence-electron chi connectivity index (χ4n) is 3.85. The second-order valence-electron chi connectivity index (χ2n) is 8.56. The highest BCUT2D eigenvalue weighted by Gasteiger charge is 2.28. The third-order valence-corrected chi connectivity index (χ3v) is 6.17. The van der Waals surface area contributed by atoms with Crippen molar-refractivity contribution in [1.82, 2.24) is 4.90 Å². The minimum atomic E-state index is -0.968. The Bertz CT molecular complexity index is 1120. The number of anilines is 1. The molecule has 0 saturated carbocycles. The summed E-state index contributed by atoms with van der Waals surface area (Å²) in [7, 11) is 0. The van der Waals surface area contributed by atoms with Crippen molar-refractivity contribution in [1.29, 1.82) is 0 Å². The lowest BCUT2D eigenvalue weighted by atomic mass is 9.89. The van der Waals surface area contributed by atoms with Crippen molar-refractivity contribution in [2.45, 2.75) is 31.7 Å². The number of rotatable bonds is 10. The van der Waals surface area contributed by atoms with Crippen LogP contribution in [0.5, 0.6) is 5.75 Å². The number of likely N-dealkylation sites (tertiary alicyclic amines) is 1.